The van der Waals surface area contributed by atoms with E-state index in [1.54, 1.807) is 6.92 Å². The van der Waals surface area contributed by atoms with E-state index >= 15 is 0 Å². The molecule has 0 aliphatic heterocycles. The van der Waals surface area contributed by atoms with Gasteiger partial charge in [0.25, 0.3) is 15.9 Å². The smallest absolute Gasteiger partial charge is 0.287 e. The lowest BCUT2D eigenvalue weighted by Crippen LogP contribution is -2.32. The third-order valence-corrected chi connectivity index (χ3v) is 4.17. The molecule has 1 aromatic heterocycles. The van der Waals surface area contributed by atoms with Crippen LogP contribution in [0.15, 0.2) is 21.6 Å². The number of carbonyl (C=O) groups is 1. The topological polar surface area (TPSA) is 99.8 Å². The second-order valence-electron chi connectivity index (χ2n) is 4.29. The number of sulfonamides is 1. The molecule has 0 radical (unpaired) electrons. The van der Waals surface area contributed by atoms with Crippen LogP contribution in [0.25, 0.3) is 0 Å². The number of carbonyl (C=O) groups excluding carboxylic acids is 1. The highest BCUT2D eigenvalue weighted by atomic mass is 32.2. The van der Waals surface area contributed by atoms with Crippen LogP contribution >= 0.6 is 0 Å². The van der Waals surface area contributed by atoms with Crippen LogP contribution in [-0.2, 0) is 10.0 Å². The predicted molar refractivity (Wildman–Crippen MR) is 68.2 cm³/mol. The van der Waals surface area contributed by atoms with Crippen molar-refractivity contribution in [3.8, 4) is 0 Å². The van der Waals surface area contributed by atoms with Gasteiger partial charge in [0, 0.05) is 26.7 Å². The normalized spacial score (nSPS) is 13.5. The molecule has 0 spiro atoms. The van der Waals surface area contributed by atoms with Gasteiger partial charge in [0.15, 0.2) is 5.76 Å². The quantitative estimate of drug-likeness (QED) is 0.770. The summed E-state index contributed by atoms with van der Waals surface area (Å²) in [6.07, 6.45) is 0.412. The highest BCUT2D eigenvalue weighted by Gasteiger charge is 2.23. The van der Waals surface area contributed by atoms with Crippen molar-refractivity contribution in [2.45, 2.75) is 24.5 Å². The lowest BCUT2D eigenvalue weighted by Gasteiger charge is -2.11. The third kappa shape index (κ3) is 3.79. The number of amides is 1. The number of hydrogen-bond acceptors (Lipinski definition) is 5. The Morgan fingerprint density at radius 1 is 1.47 bits per heavy atom. The first-order valence-corrected chi connectivity index (χ1v) is 7.17. The Balaban J connectivity index is 2.83. The lowest BCUT2D eigenvalue weighted by atomic mass is 10.2. The zero-order valence-electron chi connectivity index (χ0n) is 11.1. The summed E-state index contributed by atoms with van der Waals surface area (Å²) in [4.78, 5) is 11.7. The molecule has 108 valence electrons. The van der Waals surface area contributed by atoms with Crippen molar-refractivity contribution in [3.05, 3.63) is 17.9 Å². The molecule has 0 bridgehead atoms. The van der Waals surface area contributed by atoms with Crippen LogP contribution in [0.1, 0.15) is 23.9 Å². The molecule has 1 unspecified atom stereocenters. The average Bonchev–Trinajstić information content (AvgIpc) is 2.78. The second-order valence-corrected chi connectivity index (χ2v) is 6.38. The largest absolute Gasteiger partial charge is 0.438 e. The lowest BCUT2D eigenvalue weighted by molar-refractivity contribution is 0.0901. The van der Waals surface area contributed by atoms with Crippen molar-refractivity contribution in [3.63, 3.8) is 0 Å². The van der Waals surface area contributed by atoms with Gasteiger partial charge in [0.1, 0.15) is 0 Å². The maximum Gasteiger partial charge on any atom is 0.287 e. The summed E-state index contributed by atoms with van der Waals surface area (Å²) in [5.74, 6) is -0.591. The Morgan fingerprint density at radius 2 is 2.11 bits per heavy atom. The summed E-state index contributed by atoms with van der Waals surface area (Å²) in [5, 5.41) is 11.0. The molecular formula is C11H18N2O5S. The van der Waals surface area contributed by atoms with Gasteiger partial charge in [-0.1, -0.05) is 0 Å². The molecule has 0 saturated carbocycles. The van der Waals surface area contributed by atoms with Gasteiger partial charge in [-0.3, -0.25) is 4.79 Å². The van der Waals surface area contributed by atoms with Gasteiger partial charge >= 0.3 is 0 Å². The maximum atomic E-state index is 11.8. The van der Waals surface area contributed by atoms with E-state index in [2.05, 4.69) is 5.32 Å². The van der Waals surface area contributed by atoms with Gasteiger partial charge in [-0.05, 0) is 25.5 Å². The van der Waals surface area contributed by atoms with Crippen molar-refractivity contribution in [1.29, 1.82) is 0 Å². The second kappa shape index (κ2) is 6.18. The van der Waals surface area contributed by atoms with Gasteiger partial charge in [-0.2, -0.15) is 0 Å². The van der Waals surface area contributed by atoms with Crippen LogP contribution in [0.5, 0.6) is 0 Å². The molecule has 0 aliphatic rings. The summed E-state index contributed by atoms with van der Waals surface area (Å²) in [6, 6.07) is 2.31. The number of rotatable bonds is 6. The Kier molecular flexibility index (Phi) is 5.10. The Hall–Kier alpha value is -1.38. The summed E-state index contributed by atoms with van der Waals surface area (Å²) in [7, 11) is -0.930. The van der Waals surface area contributed by atoms with Crippen LogP contribution in [0, 0.1) is 0 Å². The fourth-order valence-corrected chi connectivity index (χ4v) is 2.12. The fourth-order valence-electron chi connectivity index (χ4n) is 1.32. The minimum absolute atomic E-state index is 0.0418. The Labute approximate surface area is 112 Å². The zero-order chi connectivity index (χ0) is 14.6. The van der Waals surface area contributed by atoms with Crippen LogP contribution in [0.3, 0.4) is 0 Å². The van der Waals surface area contributed by atoms with E-state index in [-0.39, 0.29) is 23.5 Å². The minimum Gasteiger partial charge on any atom is -0.438 e. The van der Waals surface area contributed by atoms with Crippen molar-refractivity contribution in [1.82, 2.24) is 9.62 Å². The van der Waals surface area contributed by atoms with E-state index in [1.807, 2.05) is 0 Å². The summed E-state index contributed by atoms with van der Waals surface area (Å²) >= 11 is 0. The predicted octanol–water partition coefficient (Wildman–Crippen LogP) is 0.0306. The minimum atomic E-state index is -3.68. The van der Waals surface area contributed by atoms with E-state index in [9.17, 15) is 13.2 Å². The summed E-state index contributed by atoms with van der Waals surface area (Å²) in [6.45, 7) is 1.69. The number of furan rings is 1. The molecule has 0 aromatic carbocycles. The monoisotopic (exact) mass is 290 g/mol. The van der Waals surface area contributed by atoms with E-state index in [0.717, 1.165) is 4.31 Å². The van der Waals surface area contributed by atoms with Crippen LogP contribution < -0.4 is 5.32 Å². The van der Waals surface area contributed by atoms with Crippen LogP contribution in [-0.4, -0.2) is 50.5 Å². The molecule has 0 aliphatic carbocycles. The molecular weight excluding hydrogens is 272 g/mol. The number of nitrogens with zero attached hydrogens (tertiary/aromatic N) is 1. The molecule has 19 heavy (non-hydrogen) atoms. The molecule has 1 rings (SSSR count). The molecule has 1 amide bonds. The van der Waals surface area contributed by atoms with Crippen LogP contribution in [0.2, 0.25) is 0 Å². The standard InChI is InChI=1S/C11H18N2O5S/c1-8(6-7-14)12-11(15)9-4-5-10(18-9)19(16,17)13(2)3/h4-5,8,14H,6-7H2,1-3H3,(H,12,15). The fraction of sp³-hybridized carbons (Fsp3) is 0.545. The number of aliphatic hydroxyl groups excluding tert-OH is 1. The Bertz CT molecular complexity index is 535. The van der Waals surface area contributed by atoms with Gasteiger partial charge in [-0.15, -0.1) is 0 Å². The first kappa shape index (κ1) is 15.7. The SMILES string of the molecule is CC(CCO)NC(=O)c1ccc(S(=O)(=O)N(C)C)o1. The van der Waals surface area contributed by atoms with Crippen LogP contribution in [0.4, 0.5) is 0 Å². The molecule has 0 fully saturated rings. The molecule has 1 heterocycles. The number of hydrogen-bond donors (Lipinski definition) is 2. The first-order chi connectivity index (χ1) is 8.78. The average molecular weight is 290 g/mol. The molecule has 0 saturated heterocycles. The molecule has 2 N–H and O–H groups in total. The summed E-state index contributed by atoms with van der Waals surface area (Å²) < 4.78 is 29.6. The molecule has 7 nitrogen and oxygen atoms in total. The van der Waals surface area contributed by atoms with Crippen molar-refractivity contribution >= 4 is 15.9 Å². The van der Waals surface area contributed by atoms with Crippen molar-refractivity contribution < 1.29 is 22.7 Å². The van der Waals surface area contributed by atoms with Gasteiger partial charge < -0.3 is 14.8 Å². The van der Waals surface area contributed by atoms with Crippen molar-refractivity contribution in [2.75, 3.05) is 20.7 Å². The highest BCUT2D eigenvalue weighted by molar-refractivity contribution is 7.88. The number of nitrogens with one attached hydrogen (secondary N) is 1. The first-order valence-electron chi connectivity index (χ1n) is 5.73. The third-order valence-electron chi connectivity index (χ3n) is 2.48. The van der Waals surface area contributed by atoms with Gasteiger partial charge in [-0.25, -0.2) is 12.7 Å². The molecule has 8 heteroatoms. The Morgan fingerprint density at radius 3 is 2.63 bits per heavy atom. The van der Waals surface area contributed by atoms with E-state index < -0.39 is 15.9 Å². The van der Waals surface area contributed by atoms with E-state index in [1.165, 1.54) is 26.2 Å². The van der Waals surface area contributed by atoms with E-state index in [0.29, 0.717) is 6.42 Å². The highest BCUT2D eigenvalue weighted by Crippen LogP contribution is 2.16. The maximum absolute atomic E-state index is 11.8. The summed E-state index contributed by atoms with van der Waals surface area (Å²) in [5.41, 5.74) is 0. The zero-order valence-corrected chi connectivity index (χ0v) is 11.9. The molecule has 1 atom stereocenters. The van der Waals surface area contributed by atoms with Gasteiger partial charge in [0.05, 0.1) is 0 Å². The number of aliphatic hydroxyl groups is 1. The van der Waals surface area contributed by atoms with E-state index in [4.69, 9.17) is 9.52 Å². The van der Waals surface area contributed by atoms with Crippen molar-refractivity contribution in [2.24, 2.45) is 0 Å². The molecule has 1 aromatic rings. The van der Waals surface area contributed by atoms with Gasteiger partial charge in [0.2, 0.25) is 5.09 Å².